The fourth-order valence-corrected chi connectivity index (χ4v) is 2.40. The largest absolute Gasteiger partial charge is 0.479 e. The summed E-state index contributed by atoms with van der Waals surface area (Å²) < 4.78 is 5.18. The molecular formula is C18H22N2O4. The van der Waals surface area contributed by atoms with Crippen LogP contribution in [0.3, 0.4) is 0 Å². The van der Waals surface area contributed by atoms with E-state index in [9.17, 15) is 14.7 Å². The van der Waals surface area contributed by atoms with Crippen molar-refractivity contribution in [3.05, 3.63) is 52.4 Å². The molecule has 0 spiro atoms. The summed E-state index contributed by atoms with van der Waals surface area (Å²) in [6.45, 7) is 9.56. The normalized spacial score (nSPS) is 12.7. The number of aromatic nitrogens is 1. The van der Waals surface area contributed by atoms with Crippen LogP contribution in [0.1, 0.15) is 59.8 Å². The molecule has 2 N–H and O–H groups in total. The van der Waals surface area contributed by atoms with Crippen LogP contribution in [-0.4, -0.2) is 22.1 Å². The number of aryl methyl sites for hydroxylation is 2. The molecule has 6 nitrogen and oxygen atoms in total. The van der Waals surface area contributed by atoms with Gasteiger partial charge >= 0.3 is 5.97 Å². The monoisotopic (exact) mass is 330 g/mol. The Labute approximate surface area is 140 Å². The number of rotatable bonds is 4. The summed E-state index contributed by atoms with van der Waals surface area (Å²) in [4.78, 5) is 23.9. The Balaban J connectivity index is 2.26. The number of carbonyl (C=O) groups is 2. The number of amides is 1. The number of carbonyl (C=O) groups excluding carboxylic acids is 1. The summed E-state index contributed by atoms with van der Waals surface area (Å²) in [5.41, 5.74) is 2.16. The molecule has 0 saturated carbocycles. The van der Waals surface area contributed by atoms with E-state index in [0.717, 1.165) is 11.1 Å². The highest BCUT2D eigenvalue weighted by Gasteiger charge is 2.26. The maximum absolute atomic E-state index is 12.3. The molecule has 0 radical (unpaired) electrons. The van der Waals surface area contributed by atoms with Gasteiger partial charge < -0.3 is 14.9 Å². The zero-order chi connectivity index (χ0) is 18.1. The standard InChI is InChI=1S/C18H22N2O4/c1-10-6-11(2)8-12(7-10)15(17(22)23)19-16(21)13-9-14(24-20-13)18(3,4)5/h6-9,15H,1-5H3,(H,19,21)(H,22,23). The Morgan fingerprint density at radius 1 is 1.12 bits per heavy atom. The fraction of sp³-hybridized carbons (Fsp3) is 0.389. The molecule has 0 fully saturated rings. The van der Waals surface area contributed by atoms with E-state index in [1.807, 2.05) is 40.7 Å². The van der Waals surface area contributed by atoms with Crippen LogP contribution >= 0.6 is 0 Å². The first-order chi connectivity index (χ1) is 11.1. The first kappa shape index (κ1) is 17.7. The molecule has 1 unspecified atom stereocenters. The highest BCUT2D eigenvalue weighted by atomic mass is 16.5. The van der Waals surface area contributed by atoms with Crippen molar-refractivity contribution < 1.29 is 19.2 Å². The van der Waals surface area contributed by atoms with E-state index in [1.54, 1.807) is 12.1 Å². The van der Waals surface area contributed by atoms with Gasteiger partial charge in [-0.3, -0.25) is 4.79 Å². The number of hydrogen-bond acceptors (Lipinski definition) is 4. The average molecular weight is 330 g/mol. The Kier molecular flexibility index (Phi) is 4.78. The van der Waals surface area contributed by atoms with Crippen molar-refractivity contribution in [3.8, 4) is 0 Å². The van der Waals surface area contributed by atoms with Crippen LogP contribution in [-0.2, 0) is 10.2 Å². The number of benzene rings is 1. The van der Waals surface area contributed by atoms with Crippen molar-refractivity contribution in [1.29, 1.82) is 0 Å². The lowest BCUT2D eigenvalue weighted by Gasteiger charge is -2.15. The number of carboxylic acids is 1. The van der Waals surface area contributed by atoms with Gasteiger partial charge in [0.25, 0.3) is 5.91 Å². The van der Waals surface area contributed by atoms with Gasteiger partial charge in [-0.2, -0.15) is 0 Å². The number of nitrogens with one attached hydrogen (secondary N) is 1. The lowest BCUT2D eigenvalue weighted by Crippen LogP contribution is -2.34. The molecule has 128 valence electrons. The molecule has 2 rings (SSSR count). The Morgan fingerprint density at radius 3 is 2.17 bits per heavy atom. The minimum Gasteiger partial charge on any atom is -0.479 e. The highest BCUT2D eigenvalue weighted by molar-refractivity contribution is 5.95. The molecule has 1 aromatic heterocycles. The van der Waals surface area contributed by atoms with Gasteiger partial charge in [0.15, 0.2) is 11.7 Å². The molecule has 1 amide bonds. The summed E-state index contributed by atoms with van der Waals surface area (Å²) in [5.74, 6) is -1.15. The van der Waals surface area contributed by atoms with Crippen LogP contribution in [0, 0.1) is 13.8 Å². The van der Waals surface area contributed by atoms with Gasteiger partial charge in [0, 0.05) is 11.5 Å². The van der Waals surface area contributed by atoms with Crippen LogP contribution in [0.4, 0.5) is 0 Å². The Hall–Kier alpha value is -2.63. The van der Waals surface area contributed by atoms with Gasteiger partial charge in [-0.25, -0.2) is 4.79 Å². The molecule has 1 heterocycles. The second-order valence-electron chi connectivity index (χ2n) is 6.99. The van der Waals surface area contributed by atoms with Gasteiger partial charge in [0.05, 0.1) is 0 Å². The van der Waals surface area contributed by atoms with E-state index in [4.69, 9.17) is 4.52 Å². The second-order valence-corrected chi connectivity index (χ2v) is 6.99. The van der Waals surface area contributed by atoms with Crippen molar-refractivity contribution in [1.82, 2.24) is 10.5 Å². The quantitative estimate of drug-likeness (QED) is 0.898. The fourth-order valence-electron chi connectivity index (χ4n) is 2.40. The molecule has 1 aromatic carbocycles. The van der Waals surface area contributed by atoms with Gasteiger partial charge in [-0.1, -0.05) is 55.3 Å². The first-order valence-corrected chi connectivity index (χ1v) is 7.67. The van der Waals surface area contributed by atoms with Crippen LogP contribution in [0.5, 0.6) is 0 Å². The van der Waals surface area contributed by atoms with E-state index in [-0.39, 0.29) is 11.1 Å². The first-order valence-electron chi connectivity index (χ1n) is 7.67. The van der Waals surface area contributed by atoms with E-state index >= 15 is 0 Å². The Bertz CT molecular complexity index is 751. The zero-order valence-corrected chi connectivity index (χ0v) is 14.5. The van der Waals surface area contributed by atoms with Gasteiger partial charge in [0.2, 0.25) is 0 Å². The molecule has 1 atom stereocenters. The third-order valence-electron chi connectivity index (χ3n) is 3.58. The molecule has 0 aliphatic heterocycles. The van der Waals surface area contributed by atoms with Crippen molar-refractivity contribution in [3.63, 3.8) is 0 Å². The number of carboxylic acid groups (broad SMARTS) is 1. The summed E-state index contributed by atoms with van der Waals surface area (Å²) in [6.07, 6.45) is 0. The molecular weight excluding hydrogens is 308 g/mol. The molecule has 0 saturated heterocycles. The maximum Gasteiger partial charge on any atom is 0.330 e. The lowest BCUT2D eigenvalue weighted by molar-refractivity contribution is -0.139. The van der Waals surface area contributed by atoms with E-state index in [0.29, 0.717) is 11.3 Å². The van der Waals surface area contributed by atoms with Gasteiger partial charge in [-0.15, -0.1) is 0 Å². The van der Waals surface area contributed by atoms with Crippen LogP contribution < -0.4 is 5.32 Å². The molecule has 2 aromatic rings. The van der Waals surface area contributed by atoms with E-state index < -0.39 is 17.9 Å². The third kappa shape index (κ3) is 4.01. The summed E-state index contributed by atoms with van der Waals surface area (Å²) in [5, 5.41) is 15.7. The molecule has 0 aliphatic rings. The summed E-state index contributed by atoms with van der Waals surface area (Å²) in [6, 6.07) is 5.82. The van der Waals surface area contributed by atoms with Gasteiger partial charge in [-0.05, 0) is 19.4 Å². The number of nitrogens with zero attached hydrogens (tertiary/aromatic N) is 1. The highest BCUT2D eigenvalue weighted by Crippen LogP contribution is 2.23. The molecule has 6 heteroatoms. The molecule has 24 heavy (non-hydrogen) atoms. The van der Waals surface area contributed by atoms with E-state index in [1.165, 1.54) is 6.07 Å². The second kappa shape index (κ2) is 6.47. The topological polar surface area (TPSA) is 92.4 Å². The predicted octanol–water partition coefficient (Wildman–Crippen LogP) is 3.14. The van der Waals surface area contributed by atoms with Crippen molar-refractivity contribution in [2.75, 3.05) is 0 Å². The molecule has 0 aliphatic carbocycles. The number of hydrogen-bond donors (Lipinski definition) is 2. The minimum absolute atomic E-state index is 0.0653. The van der Waals surface area contributed by atoms with Crippen molar-refractivity contribution in [2.45, 2.75) is 46.1 Å². The predicted molar refractivity (Wildman–Crippen MR) is 89.0 cm³/mol. The van der Waals surface area contributed by atoms with Crippen LogP contribution in [0.2, 0.25) is 0 Å². The SMILES string of the molecule is Cc1cc(C)cc(C(NC(=O)c2cc(C(C)(C)C)on2)C(=O)O)c1. The maximum atomic E-state index is 12.3. The van der Waals surface area contributed by atoms with Crippen molar-refractivity contribution in [2.24, 2.45) is 0 Å². The molecule has 0 bridgehead atoms. The lowest BCUT2D eigenvalue weighted by atomic mass is 9.93. The third-order valence-corrected chi connectivity index (χ3v) is 3.58. The average Bonchev–Trinajstić information content (AvgIpc) is 2.92. The summed E-state index contributed by atoms with van der Waals surface area (Å²) in [7, 11) is 0. The van der Waals surface area contributed by atoms with Crippen LogP contribution in [0.15, 0.2) is 28.8 Å². The Morgan fingerprint density at radius 2 is 1.71 bits per heavy atom. The van der Waals surface area contributed by atoms with E-state index in [2.05, 4.69) is 10.5 Å². The van der Waals surface area contributed by atoms with Crippen molar-refractivity contribution >= 4 is 11.9 Å². The minimum atomic E-state index is -1.15. The van der Waals surface area contributed by atoms with Gasteiger partial charge in [0.1, 0.15) is 5.76 Å². The zero-order valence-electron chi connectivity index (χ0n) is 14.5. The van der Waals surface area contributed by atoms with Crippen LogP contribution in [0.25, 0.3) is 0 Å². The number of aliphatic carboxylic acids is 1. The smallest absolute Gasteiger partial charge is 0.330 e. The summed E-state index contributed by atoms with van der Waals surface area (Å²) >= 11 is 0.